The van der Waals surface area contributed by atoms with Crippen molar-refractivity contribution in [3.8, 4) is 0 Å². The normalized spacial score (nSPS) is 11.0. The van der Waals surface area contributed by atoms with Gasteiger partial charge in [0.2, 0.25) is 0 Å². The number of esters is 2. The van der Waals surface area contributed by atoms with Crippen molar-refractivity contribution in [3.05, 3.63) is 58.6 Å². The molecule has 0 aromatic heterocycles. The molecule has 0 aliphatic heterocycles. The summed E-state index contributed by atoms with van der Waals surface area (Å²) in [4.78, 5) is 23.9. The Labute approximate surface area is 168 Å². The number of nitrogens with zero attached hydrogens (tertiary/aromatic N) is 1. The van der Waals surface area contributed by atoms with Crippen LogP contribution in [0.15, 0.2) is 47.4 Å². The van der Waals surface area contributed by atoms with E-state index >= 15 is 0 Å². The zero-order valence-corrected chi connectivity index (χ0v) is 17.2. The average Bonchev–Trinajstić information content (AvgIpc) is 2.66. The summed E-state index contributed by atoms with van der Waals surface area (Å²) in [7, 11) is -2.91. The van der Waals surface area contributed by atoms with E-state index in [1.54, 1.807) is 19.9 Å². The van der Waals surface area contributed by atoms with E-state index in [9.17, 15) is 18.0 Å². The molecule has 0 unspecified atom stereocenters. The lowest BCUT2D eigenvalue weighted by Crippen LogP contribution is -2.37. The van der Waals surface area contributed by atoms with E-state index in [2.05, 4.69) is 0 Å². The molecule has 2 aromatic rings. The predicted octanol–water partition coefficient (Wildman–Crippen LogP) is 3.19. The van der Waals surface area contributed by atoms with Crippen LogP contribution in [0.4, 0.5) is 5.69 Å². The van der Waals surface area contributed by atoms with Crippen molar-refractivity contribution in [2.75, 3.05) is 24.6 Å². The number of hydrogen-bond donors (Lipinski definition) is 0. The van der Waals surface area contributed by atoms with Crippen molar-refractivity contribution in [1.82, 2.24) is 0 Å². The topological polar surface area (TPSA) is 90.0 Å². The molecule has 0 heterocycles. The summed E-state index contributed by atoms with van der Waals surface area (Å²) in [6.07, 6.45) is 0. The van der Waals surface area contributed by atoms with Crippen LogP contribution in [0.3, 0.4) is 0 Å². The summed E-state index contributed by atoms with van der Waals surface area (Å²) < 4.78 is 37.0. The van der Waals surface area contributed by atoms with Crippen LogP contribution in [0.5, 0.6) is 0 Å². The molecule has 0 atom stereocenters. The molecule has 0 radical (unpaired) electrons. The van der Waals surface area contributed by atoms with Gasteiger partial charge in [-0.05, 0) is 55.8 Å². The van der Waals surface area contributed by atoms with E-state index in [1.165, 1.54) is 43.5 Å². The Morgan fingerprint density at radius 1 is 1.11 bits per heavy atom. The van der Waals surface area contributed by atoms with Gasteiger partial charge in [-0.15, -0.1) is 0 Å². The summed E-state index contributed by atoms with van der Waals surface area (Å²) in [5.41, 5.74) is 0.878. The highest BCUT2D eigenvalue weighted by Gasteiger charge is 2.29. The van der Waals surface area contributed by atoms with Crippen molar-refractivity contribution < 1.29 is 27.5 Å². The molecule has 0 amide bonds. The van der Waals surface area contributed by atoms with Crippen molar-refractivity contribution in [1.29, 1.82) is 0 Å². The van der Waals surface area contributed by atoms with Gasteiger partial charge < -0.3 is 9.47 Å². The van der Waals surface area contributed by atoms with E-state index in [4.69, 9.17) is 21.1 Å². The number of halogens is 1. The molecule has 150 valence electrons. The molecule has 0 bridgehead atoms. The van der Waals surface area contributed by atoms with E-state index in [-0.39, 0.29) is 22.8 Å². The minimum atomic E-state index is -4.13. The Bertz CT molecular complexity index is 972. The van der Waals surface area contributed by atoms with Gasteiger partial charge in [0.15, 0.2) is 0 Å². The molecule has 0 aliphatic carbocycles. The summed E-state index contributed by atoms with van der Waals surface area (Å²) in [5.74, 6) is -1.34. The third-order valence-corrected chi connectivity index (χ3v) is 5.90. The third kappa shape index (κ3) is 4.82. The fourth-order valence-corrected chi connectivity index (χ4v) is 4.07. The van der Waals surface area contributed by atoms with Crippen LogP contribution in [-0.4, -0.2) is 40.6 Å². The SMILES string of the molecule is CCOC(=O)CN(c1cc(C(=O)OC)ccc1C)S(=O)(=O)c1ccc(Cl)cc1. The highest BCUT2D eigenvalue weighted by molar-refractivity contribution is 7.92. The number of benzene rings is 2. The summed E-state index contributed by atoms with van der Waals surface area (Å²) in [6, 6.07) is 10.0. The Morgan fingerprint density at radius 2 is 1.75 bits per heavy atom. The lowest BCUT2D eigenvalue weighted by Gasteiger charge is -2.25. The number of aryl methyl sites for hydroxylation is 1. The monoisotopic (exact) mass is 425 g/mol. The minimum Gasteiger partial charge on any atom is -0.465 e. The highest BCUT2D eigenvalue weighted by atomic mass is 35.5. The zero-order chi connectivity index (χ0) is 20.9. The van der Waals surface area contributed by atoms with Crippen LogP contribution in [0.2, 0.25) is 5.02 Å². The zero-order valence-electron chi connectivity index (χ0n) is 15.6. The van der Waals surface area contributed by atoms with E-state index in [0.29, 0.717) is 10.6 Å². The Morgan fingerprint density at radius 3 is 2.32 bits per heavy atom. The number of methoxy groups -OCH3 is 1. The van der Waals surface area contributed by atoms with E-state index in [0.717, 1.165) is 4.31 Å². The second kappa shape index (κ2) is 9.07. The summed E-state index contributed by atoms with van der Waals surface area (Å²) in [6.45, 7) is 2.85. The molecule has 2 rings (SSSR count). The third-order valence-electron chi connectivity index (χ3n) is 3.88. The van der Waals surface area contributed by atoms with Gasteiger partial charge in [-0.25, -0.2) is 13.2 Å². The van der Waals surface area contributed by atoms with Crippen LogP contribution < -0.4 is 4.31 Å². The Balaban J connectivity index is 2.61. The lowest BCUT2D eigenvalue weighted by molar-refractivity contribution is -0.141. The van der Waals surface area contributed by atoms with Crippen LogP contribution in [-0.2, 0) is 24.3 Å². The molecular formula is C19H20ClNO6S. The van der Waals surface area contributed by atoms with Gasteiger partial charge in [0.05, 0.1) is 29.9 Å². The number of sulfonamides is 1. The van der Waals surface area contributed by atoms with Gasteiger partial charge in [0, 0.05) is 5.02 Å². The molecule has 28 heavy (non-hydrogen) atoms. The largest absolute Gasteiger partial charge is 0.465 e. The first kappa shape index (κ1) is 21.7. The first-order valence-corrected chi connectivity index (χ1v) is 10.2. The Hall–Kier alpha value is -2.58. The second-order valence-electron chi connectivity index (χ2n) is 5.76. The van der Waals surface area contributed by atoms with Gasteiger partial charge in [-0.2, -0.15) is 0 Å². The molecule has 0 N–H and O–H groups in total. The quantitative estimate of drug-likeness (QED) is 0.633. The van der Waals surface area contributed by atoms with Crippen molar-refractivity contribution in [3.63, 3.8) is 0 Å². The van der Waals surface area contributed by atoms with Gasteiger partial charge in [0.25, 0.3) is 10.0 Å². The number of rotatable bonds is 7. The maximum Gasteiger partial charge on any atom is 0.337 e. The van der Waals surface area contributed by atoms with Gasteiger partial charge in [-0.1, -0.05) is 17.7 Å². The van der Waals surface area contributed by atoms with Crippen LogP contribution in [0, 0.1) is 6.92 Å². The maximum atomic E-state index is 13.2. The van der Waals surface area contributed by atoms with Gasteiger partial charge in [-0.3, -0.25) is 9.10 Å². The molecule has 0 aliphatic rings. The number of carbonyl (C=O) groups is 2. The molecule has 0 fully saturated rings. The van der Waals surface area contributed by atoms with Crippen molar-refractivity contribution in [2.45, 2.75) is 18.7 Å². The van der Waals surface area contributed by atoms with Crippen molar-refractivity contribution in [2.24, 2.45) is 0 Å². The number of hydrogen-bond acceptors (Lipinski definition) is 6. The fourth-order valence-electron chi connectivity index (χ4n) is 2.48. The van der Waals surface area contributed by atoms with Crippen molar-refractivity contribution >= 4 is 39.3 Å². The number of anilines is 1. The van der Waals surface area contributed by atoms with E-state index in [1.807, 2.05) is 0 Å². The highest BCUT2D eigenvalue weighted by Crippen LogP contribution is 2.29. The molecule has 0 spiro atoms. The number of ether oxygens (including phenoxy) is 2. The molecule has 0 saturated carbocycles. The first-order valence-electron chi connectivity index (χ1n) is 8.33. The molecule has 9 heteroatoms. The summed E-state index contributed by atoms with van der Waals surface area (Å²) in [5, 5.41) is 0.375. The average molecular weight is 426 g/mol. The maximum absolute atomic E-state index is 13.2. The standard InChI is InChI=1S/C19H20ClNO6S/c1-4-27-18(22)12-21(28(24,25)16-9-7-15(20)8-10-16)17-11-14(19(23)26-3)6-5-13(17)2/h5-11H,4,12H2,1-3H3. The smallest absolute Gasteiger partial charge is 0.337 e. The van der Waals surface area contributed by atoms with Crippen LogP contribution in [0.25, 0.3) is 0 Å². The molecular weight excluding hydrogens is 406 g/mol. The van der Waals surface area contributed by atoms with Gasteiger partial charge >= 0.3 is 11.9 Å². The molecule has 7 nitrogen and oxygen atoms in total. The first-order chi connectivity index (χ1) is 13.2. The minimum absolute atomic E-state index is 0.0518. The molecule has 2 aromatic carbocycles. The second-order valence-corrected chi connectivity index (χ2v) is 8.06. The summed E-state index contributed by atoms with van der Waals surface area (Å²) >= 11 is 5.85. The lowest BCUT2D eigenvalue weighted by atomic mass is 10.1. The van der Waals surface area contributed by atoms with E-state index < -0.39 is 28.5 Å². The predicted molar refractivity (Wildman–Crippen MR) is 105 cm³/mol. The van der Waals surface area contributed by atoms with Gasteiger partial charge in [0.1, 0.15) is 6.54 Å². The fraction of sp³-hybridized carbons (Fsp3) is 0.263. The van der Waals surface area contributed by atoms with Crippen LogP contribution in [0.1, 0.15) is 22.8 Å². The molecule has 0 saturated heterocycles. The van der Waals surface area contributed by atoms with Crippen LogP contribution >= 0.6 is 11.6 Å². The Kier molecular flexibility index (Phi) is 7.04. The number of carbonyl (C=O) groups excluding carboxylic acids is 2.